The van der Waals surface area contributed by atoms with E-state index in [9.17, 15) is 4.79 Å². The van der Waals surface area contributed by atoms with Crippen LogP contribution in [-0.4, -0.2) is 54.9 Å². The van der Waals surface area contributed by atoms with Crippen molar-refractivity contribution in [3.63, 3.8) is 0 Å². The Balaban J connectivity index is 1.42. The molecule has 0 atom stereocenters. The van der Waals surface area contributed by atoms with Crippen molar-refractivity contribution >= 4 is 28.7 Å². The molecule has 1 aromatic heterocycles. The first-order chi connectivity index (χ1) is 10.2. The van der Waals surface area contributed by atoms with Gasteiger partial charge in [-0.25, -0.2) is 0 Å². The molecule has 2 saturated heterocycles. The highest BCUT2D eigenvalue weighted by molar-refractivity contribution is 7.18. The fourth-order valence-corrected chi connectivity index (χ4v) is 4.38. The third-order valence-corrected chi connectivity index (χ3v) is 5.91. The molecule has 0 amide bonds. The van der Waals surface area contributed by atoms with Crippen molar-refractivity contribution in [3.8, 4) is 0 Å². The molecule has 21 heavy (non-hydrogen) atoms. The number of halogens is 1. The lowest BCUT2D eigenvalue weighted by Gasteiger charge is -2.33. The van der Waals surface area contributed by atoms with E-state index in [1.807, 2.05) is 12.1 Å². The SMILES string of the molecule is O=C(CN1CCC(CN2CCCC2)CC1)c1ccc(Cl)s1. The predicted octanol–water partition coefficient (Wildman–Crippen LogP) is 3.39. The van der Waals surface area contributed by atoms with Crippen LogP contribution in [-0.2, 0) is 0 Å². The molecule has 2 aliphatic rings. The molecule has 5 heteroatoms. The van der Waals surface area contributed by atoms with Gasteiger partial charge < -0.3 is 4.90 Å². The molecule has 0 bridgehead atoms. The Labute approximate surface area is 135 Å². The lowest BCUT2D eigenvalue weighted by atomic mass is 9.96. The average Bonchev–Trinajstić information content (AvgIpc) is 3.12. The fourth-order valence-electron chi connectivity index (χ4n) is 3.40. The van der Waals surface area contributed by atoms with E-state index in [2.05, 4.69) is 9.80 Å². The number of ketones is 1. The van der Waals surface area contributed by atoms with Crippen LogP contribution < -0.4 is 0 Å². The molecule has 3 heterocycles. The van der Waals surface area contributed by atoms with Crippen LogP contribution >= 0.6 is 22.9 Å². The average molecular weight is 327 g/mol. The molecule has 0 aromatic carbocycles. The van der Waals surface area contributed by atoms with Crippen LogP contribution in [0.4, 0.5) is 0 Å². The second-order valence-corrected chi connectivity index (χ2v) is 7.97. The molecule has 116 valence electrons. The van der Waals surface area contributed by atoms with Gasteiger partial charge in [0, 0.05) is 6.54 Å². The van der Waals surface area contributed by atoms with E-state index >= 15 is 0 Å². The molecule has 0 spiro atoms. The molecule has 1 aromatic rings. The van der Waals surface area contributed by atoms with Gasteiger partial charge in [0.2, 0.25) is 0 Å². The van der Waals surface area contributed by atoms with Crippen molar-refractivity contribution in [2.75, 3.05) is 39.3 Å². The number of carbonyl (C=O) groups is 1. The van der Waals surface area contributed by atoms with E-state index in [4.69, 9.17) is 11.6 Å². The summed E-state index contributed by atoms with van der Waals surface area (Å²) in [5.74, 6) is 1.04. The van der Waals surface area contributed by atoms with Gasteiger partial charge >= 0.3 is 0 Å². The number of rotatable bonds is 5. The van der Waals surface area contributed by atoms with Crippen molar-refractivity contribution in [1.82, 2.24) is 9.80 Å². The number of carbonyl (C=O) groups excluding carboxylic acids is 1. The minimum Gasteiger partial charge on any atom is -0.303 e. The van der Waals surface area contributed by atoms with Crippen LogP contribution in [0.2, 0.25) is 4.34 Å². The van der Waals surface area contributed by atoms with E-state index in [0.717, 1.165) is 23.9 Å². The summed E-state index contributed by atoms with van der Waals surface area (Å²) >= 11 is 7.28. The molecule has 0 saturated carbocycles. The summed E-state index contributed by atoms with van der Waals surface area (Å²) in [5.41, 5.74) is 0. The minimum absolute atomic E-state index is 0.213. The van der Waals surface area contributed by atoms with E-state index in [0.29, 0.717) is 10.9 Å². The molecule has 2 aliphatic heterocycles. The number of thiophene rings is 1. The van der Waals surface area contributed by atoms with Crippen molar-refractivity contribution in [3.05, 3.63) is 21.3 Å². The first-order valence-corrected chi connectivity index (χ1v) is 9.13. The zero-order chi connectivity index (χ0) is 14.7. The Morgan fingerprint density at radius 1 is 1.14 bits per heavy atom. The highest BCUT2D eigenvalue weighted by atomic mass is 35.5. The second-order valence-electron chi connectivity index (χ2n) is 6.25. The van der Waals surface area contributed by atoms with Crippen LogP contribution in [0.3, 0.4) is 0 Å². The summed E-state index contributed by atoms with van der Waals surface area (Å²) in [6.07, 6.45) is 5.21. The topological polar surface area (TPSA) is 23.6 Å². The van der Waals surface area contributed by atoms with Gasteiger partial charge in [0.05, 0.1) is 15.8 Å². The quantitative estimate of drug-likeness (QED) is 0.775. The zero-order valence-corrected chi connectivity index (χ0v) is 14.0. The smallest absolute Gasteiger partial charge is 0.186 e. The largest absolute Gasteiger partial charge is 0.303 e. The molecule has 0 aliphatic carbocycles. The highest BCUT2D eigenvalue weighted by Gasteiger charge is 2.24. The Bertz CT molecular complexity index is 476. The van der Waals surface area contributed by atoms with Gasteiger partial charge in [0.1, 0.15) is 0 Å². The van der Waals surface area contributed by atoms with E-state index in [1.54, 1.807) is 0 Å². The van der Waals surface area contributed by atoms with Crippen molar-refractivity contribution in [2.45, 2.75) is 25.7 Å². The molecule has 2 fully saturated rings. The predicted molar refractivity (Wildman–Crippen MR) is 88.5 cm³/mol. The number of hydrogen-bond acceptors (Lipinski definition) is 4. The summed E-state index contributed by atoms with van der Waals surface area (Å²) in [6, 6.07) is 3.65. The Hall–Kier alpha value is -0.420. The first kappa shape index (κ1) is 15.5. The zero-order valence-electron chi connectivity index (χ0n) is 12.4. The monoisotopic (exact) mass is 326 g/mol. The van der Waals surface area contributed by atoms with Crippen LogP contribution in [0.5, 0.6) is 0 Å². The minimum atomic E-state index is 0.213. The van der Waals surface area contributed by atoms with Crippen molar-refractivity contribution < 1.29 is 4.79 Å². The fraction of sp³-hybridized carbons (Fsp3) is 0.688. The second kappa shape index (κ2) is 7.23. The lowest BCUT2D eigenvalue weighted by molar-refractivity contribution is 0.0886. The maximum absolute atomic E-state index is 12.2. The van der Waals surface area contributed by atoms with Gasteiger partial charge in [-0.15, -0.1) is 11.3 Å². The van der Waals surface area contributed by atoms with Gasteiger partial charge in [-0.1, -0.05) is 11.6 Å². The number of likely N-dealkylation sites (tertiary alicyclic amines) is 2. The molecule has 0 N–H and O–H groups in total. The van der Waals surface area contributed by atoms with Gasteiger partial charge in [0.15, 0.2) is 5.78 Å². The molecular formula is C16H23ClN2OS. The molecule has 0 radical (unpaired) electrons. The van der Waals surface area contributed by atoms with Crippen LogP contribution in [0.1, 0.15) is 35.4 Å². The Morgan fingerprint density at radius 3 is 2.48 bits per heavy atom. The van der Waals surface area contributed by atoms with Gasteiger partial charge in [-0.3, -0.25) is 9.69 Å². The molecule has 3 nitrogen and oxygen atoms in total. The normalized spacial score (nSPS) is 22.0. The number of piperidine rings is 1. The summed E-state index contributed by atoms with van der Waals surface area (Å²) in [5, 5.41) is 0. The molecule has 0 unspecified atom stereocenters. The maximum atomic E-state index is 12.2. The number of hydrogen-bond donors (Lipinski definition) is 0. The third-order valence-electron chi connectivity index (χ3n) is 4.64. The molecular weight excluding hydrogens is 304 g/mol. The lowest BCUT2D eigenvalue weighted by Crippen LogP contribution is -2.40. The Kier molecular flexibility index (Phi) is 5.33. The summed E-state index contributed by atoms with van der Waals surface area (Å²) in [7, 11) is 0. The third kappa shape index (κ3) is 4.28. The van der Waals surface area contributed by atoms with Gasteiger partial charge in [-0.2, -0.15) is 0 Å². The van der Waals surface area contributed by atoms with Crippen molar-refractivity contribution in [2.24, 2.45) is 5.92 Å². The standard InChI is InChI=1S/C16H23ClN2OS/c17-16-4-3-15(21-16)14(20)12-19-9-5-13(6-10-19)11-18-7-1-2-8-18/h3-4,13H,1-2,5-12H2. The number of Topliss-reactive ketones (excluding diaryl/α,β-unsaturated/α-hetero) is 1. The van der Waals surface area contributed by atoms with Crippen LogP contribution in [0.25, 0.3) is 0 Å². The van der Waals surface area contributed by atoms with E-state index in [1.165, 1.54) is 56.7 Å². The highest BCUT2D eigenvalue weighted by Crippen LogP contribution is 2.24. The van der Waals surface area contributed by atoms with Crippen molar-refractivity contribution in [1.29, 1.82) is 0 Å². The van der Waals surface area contributed by atoms with Crippen LogP contribution in [0.15, 0.2) is 12.1 Å². The van der Waals surface area contributed by atoms with Gasteiger partial charge in [0.25, 0.3) is 0 Å². The molecule has 3 rings (SSSR count). The Morgan fingerprint density at radius 2 is 1.86 bits per heavy atom. The summed E-state index contributed by atoms with van der Waals surface area (Å²) in [4.78, 5) is 17.9. The van der Waals surface area contributed by atoms with E-state index < -0.39 is 0 Å². The first-order valence-electron chi connectivity index (χ1n) is 7.94. The van der Waals surface area contributed by atoms with Crippen LogP contribution in [0, 0.1) is 5.92 Å². The van der Waals surface area contributed by atoms with E-state index in [-0.39, 0.29) is 5.78 Å². The summed E-state index contributed by atoms with van der Waals surface area (Å²) in [6.45, 7) is 6.51. The van der Waals surface area contributed by atoms with Gasteiger partial charge in [-0.05, 0) is 69.9 Å². The summed E-state index contributed by atoms with van der Waals surface area (Å²) < 4.78 is 0.697. The maximum Gasteiger partial charge on any atom is 0.186 e. The number of nitrogens with zero attached hydrogens (tertiary/aromatic N) is 2.